The normalized spacial score (nSPS) is 13.5. The molecule has 0 N–H and O–H groups in total. The zero-order chi connectivity index (χ0) is 37.4. The van der Waals surface area contributed by atoms with E-state index in [-0.39, 0.29) is 45.0 Å². The third kappa shape index (κ3) is 4.35. The lowest BCUT2D eigenvalue weighted by Crippen LogP contribution is -2.01. The molecule has 0 aliphatic carbocycles. The summed E-state index contributed by atoms with van der Waals surface area (Å²) < 4.78 is 66.4. The van der Waals surface area contributed by atoms with E-state index in [1.807, 2.05) is 103 Å². The Balaban J connectivity index is 1.37. The molecule has 0 bridgehead atoms. The molecule has 5 heteroatoms. The Hall–Kier alpha value is -6.64. The summed E-state index contributed by atoms with van der Waals surface area (Å²) in [5.41, 5.74) is 3.28. The number of para-hydroxylation sites is 1. The van der Waals surface area contributed by atoms with Crippen molar-refractivity contribution >= 4 is 49.2 Å². The molecule has 0 unspecified atom stereocenters. The van der Waals surface area contributed by atoms with Crippen molar-refractivity contribution in [1.29, 1.82) is 0 Å². The molecule has 0 saturated carbocycles. The number of hydrogen-bond donors (Lipinski definition) is 0. The van der Waals surface area contributed by atoms with Crippen molar-refractivity contribution in [2.75, 3.05) is 0 Å². The van der Waals surface area contributed by atoms with Crippen LogP contribution in [0.1, 0.15) is 9.60 Å². The average Bonchev–Trinajstić information content (AvgIpc) is 3.61. The molecule has 0 atom stereocenters. The number of furan rings is 1. The number of hydrogen-bond acceptors (Lipinski definition) is 4. The van der Waals surface area contributed by atoms with Crippen LogP contribution >= 0.6 is 0 Å². The monoisotopic (exact) mass is 607 g/mol. The Morgan fingerprint density at radius 3 is 2.00 bits per heavy atom. The van der Waals surface area contributed by atoms with E-state index in [2.05, 4.69) is 4.85 Å². The van der Waals surface area contributed by atoms with Crippen molar-refractivity contribution in [3.05, 3.63) is 157 Å². The van der Waals surface area contributed by atoms with Crippen LogP contribution in [0.3, 0.4) is 0 Å². The second kappa shape index (κ2) is 10.8. The predicted octanol–water partition coefficient (Wildman–Crippen LogP) is 11.3. The van der Waals surface area contributed by atoms with Gasteiger partial charge >= 0.3 is 0 Å². The van der Waals surface area contributed by atoms with Crippen molar-refractivity contribution in [1.82, 2.24) is 15.0 Å². The van der Waals surface area contributed by atoms with Crippen LogP contribution in [0.15, 0.2) is 150 Å². The maximum absolute atomic E-state index is 9.13. The summed E-state index contributed by atoms with van der Waals surface area (Å²) in [6, 6.07) is 29.4. The van der Waals surface area contributed by atoms with Gasteiger partial charge in [0.15, 0.2) is 23.2 Å². The van der Waals surface area contributed by atoms with Crippen molar-refractivity contribution in [2.24, 2.45) is 0 Å². The SMILES string of the molecule is [2H]c1c([2H])c([2H])c2c(oc3c([2H])c([2H])c([2H])c(-c4nc(-c5ccccc5)nc(-c5cccc6c(-c7cccc8cccc([N+]#[C-])c78)cccc56)n4)c32)c1[2H]. The molecule has 0 saturated heterocycles. The van der Waals surface area contributed by atoms with Gasteiger partial charge in [-0.2, -0.15) is 0 Å². The van der Waals surface area contributed by atoms with E-state index in [0.29, 0.717) is 16.8 Å². The van der Waals surface area contributed by atoms with Gasteiger partial charge in [0.1, 0.15) is 11.2 Å². The molecule has 47 heavy (non-hydrogen) atoms. The molecule has 9 rings (SSSR count). The van der Waals surface area contributed by atoms with Crippen LogP contribution in [0.5, 0.6) is 0 Å². The molecule has 218 valence electrons. The molecule has 9 aromatic rings. The molecule has 0 amide bonds. The van der Waals surface area contributed by atoms with Crippen LogP contribution in [0.2, 0.25) is 0 Å². The Morgan fingerprint density at radius 2 is 1.17 bits per heavy atom. The summed E-state index contributed by atoms with van der Waals surface area (Å²) in [6.07, 6.45) is 0. The van der Waals surface area contributed by atoms with Crippen LogP contribution in [0.4, 0.5) is 5.69 Å². The van der Waals surface area contributed by atoms with Crippen LogP contribution in [-0.2, 0) is 0 Å². The lowest BCUT2D eigenvalue weighted by molar-refractivity contribution is 0.669. The predicted molar refractivity (Wildman–Crippen MR) is 190 cm³/mol. The molecule has 5 nitrogen and oxygen atoms in total. The van der Waals surface area contributed by atoms with E-state index in [0.717, 1.165) is 32.7 Å². The third-order valence-corrected chi connectivity index (χ3v) is 8.30. The number of fused-ring (bicyclic) bond motifs is 5. The molecule has 0 fully saturated rings. The van der Waals surface area contributed by atoms with Gasteiger partial charge in [-0.05, 0) is 44.8 Å². The van der Waals surface area contributed by atoms with Gasteiger partial charge in [-0.25, -0.2) is 19.8 Å². The summed E-state index contributed by atoms with van der Waals surface area (Å²) in [6.45, 7) is 7.87. The molecule has 2 heterocycles. The van der Waals surface area contributed by atoms with E-state index in [4.69, 9.17) is 35.5 Å². The van der Waals surface area contributed by atoms with E-state index >= 15 is 0 Å². The van der Waals surface area contributed by atoms with Crippen molar-refractivity contribution in [3.63, 3.8) is 0 Å². The van der Waals surface area contributed by atoms with Gasteiger partial charge in [0.05, 0.1) is 16.2 Å². The minimum atomic E-state index is -0.505. The highest BCUT2D eigenvalue weighted by molar-refractivity contribution is 6.13. The second-order valence-electron chi connectivity index (χ2n) is 10.9. The first kappa shape index (κ1) is 20.4. The summed E-state index contributed by atoms with van der Waals surface area (Å²) >= 11 is 0. The van der Waals surface area contributed by atoms with Gasteiger partial charge in [0.25, 0.3) is 0 Å². The lowest BCUT2D eigenvalue weighted by Gasteiger charge is -2.14. The van der Waals surface area contributed by atoms with Gasteiger partial charge in [-0.15, -0.1) is 0 Å². The Kier molecular flexibility index (Phi) is 4.67. The minimum Gasteiger partial charge on any atom is -0.456 e. The van der Waals surface area contributed by atoms with Gasteiger partial charge in [0, 0.05) is 27.5 Å². The van der Waals surface area contributed by atoms with Gasteiger partial charge < -0.3 is 4.42 Å². The number of aromatic nitrogens is 3. The van der Waals surface area contributed by atoms with Crippen LogP contribution < -0.4 is 0 Å². The Morgan fingerprint density at radius 1 is 0.511 bits per heavy atom. The van der Waals surface area contributed by atoms with Crippen LogP contribution in [-0.4, -0.2) is 15.0 Å². The topological polar surface area (TPSA) is 56.2 Å². The van der Waals surface area contributed by atoms with E-state index in [1.165, 1.54) is 0 Å². The van der Waals surface area contributed by atoms with E-state index in [9.17, 15) is 0 Å². The molecule has 0 radical (unpaired) electrons. The van der Waals surface area contributed by atoms with Gasteiger partial charge in [-0.1, -0.05) is 133 Å². The zero-order valence-electron chi connectivity index (χ0n) is 31.5. The first-order valence-corrected chi connectivity index (χ1v) is 14.8. The molecule has 0 aliphatic rings. The van der Waals surface area contributed by atoms with Gasteiger partial charge in [0.2, 0.25) is 0 Å². The Bertz CT molecular complexity index is 3100. The van der Waals surface area contributed by atoms with E-state index < -0.39 is 42.3 Å². The molecule has 7 aromatic carbocycles. The number of rotatable bonds is 4. The molecule has 0 spiro atoms. The number of nitrogens with zero attached hydrogens (tertiary/aromatic N) is 4. The highest BCUT2D eigenvalue weighted by atomic mass is 16.3. The standard InChI is InChI=1S/C42H24N4O/c1-43-35-23-8-15-26-14-7-20-31(38(26)35)29-18-9-19-30-28(29)17-10-21-32(30)41-44-40(27-12-3-2-4-13-27)45-42(46-41)34-22-11-25-37-39(34)33-16-5-6-24-36(33)47-37/h2-25H/i5D,6D,11D,16D,22D,24D,25D. The summed E-state index contributed by atoms with van der Waals surface area (Å²) in [7, 11) is 0. The Labute approximate surface area is 280 Å². The summed E-state index contributed by atoms with van der Waals surface area (Å²) in [4.78, 5) is 18.5. The molecular weight excluding hydrogens is 576 g/mol. The van der Waals surface area contributed by atoms with Crippen molar-refractivity contribution in [2.45, 2.75) is 0 Å². The minimum absolute atomic E-state index is 0.0148. The fourth-order valence-electron chi connectivity index (χ4n) is 6.23. The van der Waals surface area contributed by atoms with Crippen LogP contribution in [0.25, 0.3) is 93.6 Å². The lowest BCUT2D eigenvalue weighted by atomic mass is 9.91. The molecular formula is C42H24N4O. The summed E-state index contributed by atoms with van der Waals surface area (Å²) in [5, 5.41) is 3.52. The quantitative estimate of drug-likeness (QED) is 0.187. The smallest absolute Gasteiger partial charge is 0.195 e. The number of benzene rings is 7. The highest BCUT2D eigenvalue weighted by Crippen LogP contribution is 2.41. The first-order valence-electron chi connectivity index (χ1n) is 18.3. The largest absolute Gasteiger partial charge is 0.456 e. The van der Waals surface area contributed by atoms with E-state index in [1.54, 1.807) is 0 Å². The fraction of sp³-hybridized carbons (Fsp3) is 0. The maximum atomic E-state index is 9.13. The zero-order valence-corrected chi connectivity index (χ0v) is 24.5. The van der Waals surface area contributed by atoms with Crippen molar-refractivity contribution in [3.8, 4) is 45.3 Å². The fourth-order valence-corrected chi connectivity index (χ4v) is 6.23. The third-order valence-electron chi connectivity index (χ3n) is 8.30. The summed E-state index contributed by atoms with van der Waals surface area (Å²) in [5.74, 6) is 0.495. The average molecular weight is 608 g/mol. The molecule has 0 aliphatic heterocycles. The second-order valence-corrected chi connectivity index (χ2v) is 10.9. The van der Waals surface area contributed by atoms with Crippen molar-refractivity contribution < 1.29 is 14.0 Å². The maximum Gasteiger partial charge on any atom is 0.195 e. The highest BCUT2D eigenvalue weighted by Gasteiger charge is 2.19. The molecule has 2 aromatic heterocycles. The first-order chi connectivity index (χ1) is 26.2. The van der Waals surface area contributed by atoms with Crippen LogP contribution in [0, 0.1) is 6.57 Å². The van der Waals surface area contributed by atoms with Gasteiger partial charge in [-0.3, -0.25) is 0 Å².